The van der Waals surface area contributed by atoms with Crippen molar-refractivity contribution in [2.75, 3.05) is 7.11 Å². The fraction of sp³-hybridized carbons (Fsp3) is 0.417. The van der Waals surface area contributed by atoms with Crippen LogP contribution in [0.15, 0.2) is 24.3 Å². The van der Waals surface area contributed by atoms with Crippen molar-refractivity contribution in [3.05, 3.63) is 29.8 Å². The highest BCUT2D eigenvalue weighted by Gasteiger charge is 2.30. The quantitative estimate of drug-likeness (QED) is 0.821. The number of hydrogen-bond acceptors (Lipinski definition) is 3. The second kappa shape index (κ2) is 4.33. The van der Waals surface area contributed by atoms with Crippen LogP contribution in [0, 0.1) is 17.2 Å². The molecule has 80 valence electrons. The molecule has 0 heterocycles. The van der Waals surface area contributed by atoms with Crippen molar-refractivity contribution < 1.29 is 9.84 Å². The van der Waals surface area contributed by atoms with E-state index in [-0.39, 0.29) is 0 Å². The second-order valence-electron chi connectivity index (χ2n) is 3.73. The van der Waals surface area contributed by atoms with Gasteiger partial charge in [0.2, 0.25) is 0 Å². The van der Waals surface area contributed by atoms with E-state index < -0.39 is 11.5 Å². The Morgan fingerprint density at radius 2 is 2.20 bits per heavy atom. The smallest absolute Gasteiger partial charge is 0.119 e. The molecule has 1 N–H and O–H groups in total. The van der Waals surface area contributed by atoms with Gasteiger partial charge in [0.25, 0.3) is 0 Å². The lowest BCUT2D eigenvalue weighted by Gasteiger charge is -2.26. The van der Waals surface area contributed by atoms with Crippen LogP contribution in [0.25, 0.3) is 0 Å². The Hall–Kier alpha value is -1.53. The highest BCUT2D eigenvalue weighted by Crippen LogP contribution is 2.30. The summed E-state index contributed by atoms with van der Waals surface area (Å²) >= 11 is 0. The molecule has 0 aliphatic heterocycles. The van der Waals surface area contributed by atoms with Gasteiger partial charge in [-0.05, 0) is 31.5 Å². The zero-order chi connectivity index (χ0) is 11.5. The van der Waals surface area contributed by atoms with Crippen LogP contribution >= 0.6 is 0 Å². The topological polar surface area (TPSA) is 53.2 Å². The van der Waals surface area contributed by atoms with Gasteiger partial charge in [-0.25, -0.2) is 0 Å². The van der Waals surface area contributed by atoms with Gasteiger partial charge in [-0.1, -0.05) is 12.1 Å². The molecule has 0 fully saturated rings. The third kappa shape index (κ3) is 2.28. The van der Waals surface area contributed by atoms with Crippen molar-refractivity contribution in [2.45, 2.75) is 19.4 Å². The number of hydrogen-bond donors (Lipinski definition) is 1. The molecule has 0 aliphatic carbocycles. The van der Waals surface area contributed by atoms with Gasteiger partial charge in [-0.15, -0.1) is 0 Å². The predicted molar refractivity (Wildman–Crippen MR) is 57.3 cm³/mol. The fourth-order valence-corrected chi connectivity index (χ4v) is 1.31. The summed E-state index contributed by atoms with van der Waals surface area (Å²) in [5.41, 5.74) is -0.459. The summed E-state index contributed by atoms with van der Waals surface area (Å²) < 4.78 is 5.07. The molecule has 1 rings (SSSR count). The van der Waals surface area contributed by atoms with Crippen LogP contribution in [0.5, 0.6) is 5.75 Å². The highest BCUT2D eigenvalue weighted by molar-refractivity contribution is 5.33. The first-order valence-corrected chi connectivity index (χ1v) is 4.79. The normalized spacial score (nSPS) is 16.2. The van der Waals surface area contributed by atoms with Gasteiger partial charge in [-0.2, -0.15) is 5.26 Å². The Balaban J connectivity index is 3.10. The van der Waals surface area contributed by atoms with Crippen molar-refractivity contribution in [1.82, 2.24) is 0 Å². The Morgan fingerprint density at radius 1 is 1.53 bits per heavy atom. The van der Waals surface area contributed by atoms with E-state index in [2.05, 4.69) is 6.07 Å². The molecule has 0 saturated carbocycles. The summed E-state index contributed by atoms with van der Waals surface area (Å²) in [6.07, 6.45) is 0. The zero-order valence-electron chi connectivity index (χ0n) is 9.19. The van der Waals surface area contributed by atoms with Crippen LogP contribution in [-0.4, -0.2) is 12.2 Å². The first kappa shape index (κ1) is 11.5. The van der Waals surface area contributed by atoms with Crippen LogP contribution in [-0.2, 0) is 5.60 Å². The molecule has 2 atom stereocenters. The second-order valence-corrected chi connectivity index (χ2v) is 3.73. The number of ether oxygens (including phenoxy) is 1. The van der Waals surface area contributed by atoms with Gasteiger partial charge in [-0.3, -0.25) is 0 Å². The average Bonchev–Trinajstić information content (AvgIpc) is 2.27. The van der Waals surface area contributed by atoms with Crippen molar-refractivity contribution in [3.63, 3.8) is 0 Å². The highest BCUT2D eigenvalue weighted by atomic mass is 16.5. The van der Waals surface area contributed by atoms with Crippen LogP contribution in [0.3, 0.4) is 0 Å². The summed E-state index contributed by atoms with van der Waals surface area (Å²) in [7, 11) is 1.57. The summed E-state index contributed by atoms with van der Waals surface area (Å²) in [5, 5.41) is 19.0. The zero-order valence-corrected chi connectivity index (χ0v) is 9.19. The lowest BCUT2D eigenvalue weighted by atomic mass is 9.85. The Kier molecular flexibility index (Phi) is 3.33. The van der Waals surface area contributed by atoms with Crippen LogP contribution in [0.2, 0.25) is 0 Å². The Morgan fingerprint density at radius 3 is 2.73 bits per heavy atom. The molecule has 3 nitrogen and oxygen atoms in total. The lowest BCUT2D eigenvalue weighted by molar-refractivity contribution is 0.0230. The van der Waals surface area contributed by atoms with Crippen molar-refractivity contribution >= 4 is 0 Å². The fourth-order valence-electron chi connectivity index (χ4n) is 1.31. The molecule has 0 bridgehead atoms. The van der Waals surface area contributed by atoms with Gasteiger partial charge in [0, 0.05) is 0 Å². The van der Waals surface area contributed by atoms with E-state index in [9.17, 15) is 5.11 Å². The monoisotopic (exact) mass is 205 g/mol. The van der Waals surface area contributed by atoms with Crippen LogP contribution in [0.4, 0.5) is 0 Å². The molecule has 15 heavy (non-hydrogen) atoms. The average molecular weight is 205 g/mol. The van der Waals surface area contributed by atoms with E-state index in [0.717, 1.165) is 0 Å². The number of nitrogens with zero attached hydrogens (tertiary/aromatic N) is 1. The largest absolute Gasteiger partial charge is 0.497 e. The van der Waals surface area contributed by atoms with Gasteiger partial charge in [0.05, 0.1) is 19.1 Å². The molecular weight excluding hydrogens is 190 g/mol. The lowest BCUT2D eigenvalue weighted by Crippen LogP contribution is -2.28. The van der Waals surface area contributed by atoms with Crippen molar-refractivity contribution in [2.24, 2.45) is 5.92 Å². The molecule has 3 heteroatoms. The van der Waals surface area contributed by atoms with Crippen LogP contribution < -0.4 is 4.74 Å². The first-order valence-electron chi connectivity index (χ1n) is 4.79. The Bertz CT molecular complexity index is 379. The summed E-state index contributed by atoms with van der Waals surface area (Å²) in [4.78, 5) is 0. The number of rotatable bonds is 3. The van der Waals surface area contributed by atoms with E-state index in [1.807, 2.05) is 0 Å². The maximum Gasteiger partial charge on any atom is 0.119 e. The molecule has 1 aromatic rings. The summed E-state index contributed by atoms with van der Waals surface area (Å²) in [5.74, 6) is 0.211. The van der Waals surface area contributed by atoms with Gasteiger partial charge >= 0.3 is 0 Å². The standard InChI is InChI=1S/C12H15NO2/c1-9(8-13)12(2,14)10-5-4-6-11(7-10)15-3/h4-7,9,14H,1-3H3. The maximum atomic E-state index is 10.2. The number of aliphatic hydroxyl groups is 1. The molecular formula is C12H15NO2. The van der Waals surface area contributed by atoms with E-state index in [1.54, 1.807) is 45.2 Å². The molecule has 0 saturated heterocycles. The number of nitriles is 1. The minimum atomic E-state index is -1.15. The van der Waals surface area contributed by atoms with Gasteiger partial charge in [0.1, 0.15) is 11.4 Å². The molecule has 0 aliphatic rings. The molecule has 2 unspecified atom stereocenters. The van der Waals surface area contributed by atoms with Crippen molar-refractivity contribution in [3.8, 4) is 11.8 Å². The molecule has 0 amide bonds. The molecule has 0 radical (unpaired) electrons. The predicted octanol–water partition coefficient (Wildman–Crippen LogP) is 2.06. The summed E-state index contributed by atoms with van der Waals surface area (Å²) in [6.45, 7) is 3.33. The van der Waals surface area contributed by atoms with Gasteiger partial charge < -0.3 is 9.84 Å². The SMILES string of the molecule is COc1cccc(C(C)(O)C(C)C#N)c1. The van der Waals surface area contributed by atoms with E-state index in [4.69, 9.17) is 10.00 Å². The van der Waals surface area contributed by atoms with E-state index >= 15 is 0 Å². The minimum Gasteiger partial charge on any atom is -0.497 e. The van der Waals surface area contributed by atoms with Crippen LogP contribution in [0.1, 0.15) is 19.4 Å². The Labute approximate surface area is 89.9 Å². The third-order valence-corrected chi connectivity index (χ3v) is 2.69. The van der Waals surface area contributed by atoms with E-state index in [1.165, 1.54) is 0 Å². The molecule has 0 aromatic heterocycles. The van der Waals surface area contributed by atoms with E-state index in [0.29, 0.717) is 11.3 Å². The number of benzene rings is 1. The molecule has 0 spiro atoms. The maximum absolute atomic E-state index is 10.2. The number of methoxy groups -OCH3 is 1. The third-order valence-electron chi connectivity index (χ3n) is 2.69. The summed E-state index contributed by atoms with van der Waals surface area (Å²) in [6, 6.07) is 9.18. The van der Waals surface area contributed by atoms with Gasteiger partial charge in [0.15, 0.2) is 0 Å². The first-order chi connectivity index (χ1) is 7.02. The van der Waals surface area contributed by atoms with Crippen molar-refractivity contribution in [1.29, 1.82) is 5.26 Å². The molecule has 1 aromatic carbocycles. The minimum absolute atomic E-state index is 0.468.